The molecule has 2 aliphatic rings. The van der Waals surface area contributed by atoms with E-state index in [0.717, 1.165) is 60.8 Å². The van der Waals surface area contributed by atoms with Crippen LogP contribution < -0.4 is 20.4 Å². The molecular formula is C28H36N6OS. The van der Waals surface area contributed by atoms with Crippen LogP contribution in [0.1, 0.15) is 45.3 Å². The number of benzene rings is 1. The average molecular weight is 505 g/mol. The lowest BCUT2D eigenvalue weighted by Crippen LogP contribution is -2.37. The van der Waals surface area contributed by atoms with Crippen molar-refractivity contribution in [3.05, 3.63) is 54.3 Å². The fourth-order valence-corrected chi connectivity index (χ4v) is 5.14. The molecule has 0 amide bonds. The zero-order valence-corrected chi connectivity index (χ0v) is 22.1. The molecule has 2 N–H and O–H groups in total. The van der Waals surface area contributed by atoms with Gasteiger partial charge in [0.2, 0.25) is 5.95 Å². The zero-order valence-electron chi connectivity index (χ0n) is 21.2. The second-order valence-electron chi connectivity index (χ2n) is 10.2. The van der Waals surface area contributed by atoms with E-state index in [1.165, 1.54) is 25.7 Å². The third-order valence-electron chi connectivity index (χ3n) is 7.16. The van der Waals surface area contributed by atoms with Gasteiger partial charge in [-0.2, -0.15) is 9.97 Å². The van der Waals surface area contributed by atoms with Crippen molar-refractivity contribution in [1.29, 1.82) is 0 Å². The van der Waals surface area contributed by atoms with Crippen LogP contribution in [0.3, 0.4) is 0 Å². The van der Waals surface area contributed by atoms with E-state index in [1.807, 2.05) is 42.5 Å². The molecule has 2 saturated heterocycles. The number of hydrogen-bond donors (Lipinski definition) is 2. The van der Waals surface area contributed by atoms with Gasteiger partial charge in [0.15, 0.2) is 5.11 Å². The highest BCUT2D eigenvalue weighted by molar-refractivity contribution is 7.80. The van der Waals surface area contributed by atoms with Gasteiger partial charge in [-0.1, -0.05) is 44.2 Å². The molecule has 3 aromatic rings. The van der Waals surface area contributed by atoms with E-state index < -0.39 is 0 Å². The number of thiocarbonyl (C=S) groups is 1. The minimum atomic E-state index is 0.482. The van der Waals surface area contributed by atoms with Gasteiger partial charge in [-0.05, 0) is 61.9 Å². The second kappa shape index (κ2) is 11.3. The summed E-state index contributed by atoms with van der Waals surface area (Å²) in [5.74, 6) is 5.60. The van der Waals surface area contributed by atoms with Gasteiger partial charge in [-0.15, -0.1) is 0 Å². The SMILES string of the molecule is CC1CCN(c2cc(N3CCC[C@H](C)C3)nc(NC(=S)NCc3ccc(-c4ccccc4)o3)n2)CC1. The number of rotatable bonds is 6. The van der Waals surface area contributed by atoms with Crippen LogP contribution in [-0.2, 0) is 6.54 Å². The van der Waals surface area contributed by atoms with Gasteiger partial charge in [0.25, 0.3) is 0 Å². The predicted octanol–water partition coefficient (Wildman–Crippen LogP) is 5.70. The summed E-state index contributed by atoms with van der Waals surface area (Å²) in [6, 6.07) is 16.2. The Morgan fingerprint density at radius 3 is 2.44 bits per heavy atom. The van der Waals surface area contributed by atoms with Crippen molar-refractivity contribution in [3.8, 4) is 11.3 Å². The molecule has 5 rings (SSSR count). The topological polar surface area (TPSA) is 69.5 Å². The van der Waals surface area contributed by atoms with Crippen molar-refractivity contribution in [3.63, 3.8) is 0 Å². The van der Waals surface area contributed by atoms with Crippen LogP contribution in [0.15, 0.2) is 52.9 Å². The van der Waals surface area contributed by atoms with Gasteiger partial charge < -0.3 is 24.9 Å². The summed E-state index contributed by atoms with van der Waals surface area (Å²) in [4.78, 5) is 14.5. The summed E-state index contributed by atoms with van der Waals surface area (Å²) in [6.07, 6.45) is 4.85. The Hall–Kier alpha value is -3.13. The van der Waals surface area contributed by atoms with Crippen molar-refractivity contribution in [2.75, 3.05) is 41.3 Å². The summed E-state index contributed by atoms with van der Waals surface area (Å²) < 4.78 is 5.99. The first-order valence-electron chi connectivity index (χ1n) is 13.1. The molecule has 1 atom stereocenters. The molecule has 0 bridgehead atoms. The minimum absolute atomic E-state index is 0.482. The molecular weight excluding hydrogens is 468 g/mol. The Balaban J connectivity index is 1.27. The lowest BCUT2D eigenvalue weighted by Gasteiger charge is -2.34. The molecule has 1 aromatic carbocycles. The first-order chi connectivity index (χ1) is 17.5. The largest absolute Gasteiger partial charge is 0.459 e. The first-order valence-corrected chi connectivity index (χ1v) is 13.5. The van der Waals surface area contributed by atoms with Gasteiger partial charge in [-0.25, -0.2) is 0 Å². The lowest BCUT2D eigenvalue weighted by atomic mass is 9.99. The van der Waals surface area contributed by atoms with E-state index in [2.05, 4.69) is 40.3 Å². The van der Waals surface area contributed by atoms with Crippen LogP contribution in [0.25, 0.3) is 11.3 Å². The van der Waals surface area contributed by atoms with E-state index >= 15 is 0 Å². The Bertz CT molecular complexity index is 1160. The van der Waals surface area contributed by atoms with Crippen molar-refractivity contribution >= 4 is 34.9 Å². The number of hydrogen-bond acceptors (Lipinski definition) is 6. The quantitative estimate of drug-likeness (QED) is 0.415. The molecule has 0 spiro atoms. The molecule has 190 valence electrons. The van der Waals surface area contributed by atoms with Crippen LogP contribution in [0.2, 0.25) is 0 Å². The summed E-state index contributed by atoms with van der Waals surface area (Å²) >= 11 is 5.60. The predicted molar refractivity (Wildman–Crippen MR) is 150 cm³/mol. The van der Waals surface area contributed by atoms with Gasteiger partial charge in [0, 0.05) is 37.8 Å². The number of nitrogens with zero attached hydrogens (tertiary/aromatic N) is 4. The van der Waals surface area contributed by atoms with E-state index in [-0.39, 0.29) is 0 Å². The van der Waals surface area contributed by atoms with Crippen molar-refractivity contribution in [2.45, 2.75) is 46.1 Å². The van der Waals surface area contributed by atoms with Gasteiger partial charge >= 0.3 is 0 Å². The van der Waals surface area contributed by atoms with Crippen LogP contribution in [0, 0.1) is 11.8 Å². The van der Waals surface area contributed by atoms with Crippen LogP contribution in [0.4, 0.5) is 17.6 Å². The maximum absolute atomic E-state index is 5.99. The van der Waals surface area contributed by atoms with Gasteiger partial charge in [0.1, 0.15) is 23.2 Å². The second-order valence-corrected chi connectivity index (χ2v) is 10.6. The number of nitrogens with one attached hydrogen (secondary N) is 2. The Morgan fingerprint density at radius 2 is 1.69 bits per heavy atom. The Morgan fingerprint density at radius 1 is 0.944 bits per heavy atom. The molecule has 0 radical (unpaired) electrons. The Labute approximate surface area is 219 Å². The summed E-state index contributed by atoms with van der Waals surface area (Å²) in [5, 5.41) is 6.96. The summed E-state index contributed by atoms with van der Waals surface area (Å²) in [5.41, 5.74) is 1.06. The highest BCUT2D eigenvalue weighted by Crippen LogP contribution is 2.28. The van der Waals surface area contributed by atoms with Crippen molar-refractivity contribution < 1.29 is 4.42 Å². The number of aromatic nitrogens is 2. The maximum Gasteiger partial charge on any atom is 0.232 e. The molecule has 2 aromatic heterocycles. The highest BCUT2D eigenvalue weighted by atomic mass is 32.1. The Kier molecular flexibility index (Phi) is 7.70. The molecule has 2 fully saturated rings. The molecule has 4 heterocycles. The summed E-state index contributed by atoms with van der Waals surface area (Å²) in [6.45, 7) is 9.24. The van der Waals surface area contributed by atoms with E-state index in [0.29, 0.717) is 23.5 Å². The van der Waals surface area contributed by atoms with E-state index in [1.54, 1.807) is 0 Å². The summed E-state index contributed by atoms with van der Waals surface area (Å²) in [7, 11) is 0. The molecule has 36 heavy (non-hydrogen) atoms. The molecule has 0 aliphatic carbocycles. The zero-order chi connectivity index (χ0) is 24.9. The minimum Gasteiger partial charge on any atom is -0.459 e. The van der Waals surface area contributed by atoms with Crippen LogP contribution in [0.5, 0.6) is 0 Å². The lowest BCUT2D eigenvalue weighted by molar-refractivity contribution is 0.435. The van der Waals surface area contributed by atoms with E-state index in [9.17, 15) is 0 Å². The van der Waals surface area contributed by atoms with Crippen LogP contribution >= 0.6 is 12.2 Å². The monoisotopic (exact) mass is 504 g/mol. The van der Waals surface area contributed by atoms with Gasteiger partial charge in [0.05, 0.1) is 6.54 Å². The van der Waals surface area contributed by atoms with Crippen LogP contribution in [-0.4, -0.2) is 41.3 Å². The number of anilines is 3. The normalized spacial score (nSPS) is 18.8. The maximum atomic E-state index is 5.99. The third-order valence-corrected chi connectivity index (χ3v) is 7.40. The average Bonchev–Trinajstić information content (AvgIpc) is 3.37. The number of piperidine rings is 2. The fourth-order valence-electron chi connectivity index (χ4n) is 4.98. The highest BCUT2D eigenvalue weighted by Gasteiger charge is 2.22. The first kappa shape index (κ1) is 24.6. The van der Waals surface area contributed by atoms with Crippen molar-refractivity contribution in [1.82, 2.24) is 15.3 Å². The van der Waals surface area contributed by atoms with Gasteiger partial charge in [-0.3, -0.25) is 0 Å². The third kappa shape index (κ3) is 6.16. The number of furan rings is 1. The molecule has 2 aliphatic heterocycles. The molecule has 8 heteroatoms. The smallest absolute Gasteiger partial charge is 0.232 e. The standard InChI is InChI=1S/C28H36N6OS/c1-20-12-15-33(16-13-20)25-17-26(34-14-6-7-21(2)19-34)31-27(30-25)32-28(36)29-18-23-10-11-24(35-23)22-8-4-3-5-9-22/h3-5,8-11,17,20-21H,6-7,12-16,18-19H2,1-2H3,(H2,29,30,31,32,36)/t21-/m0/s1. The fraction of sp³-hybridized carbons (Fsp3) is 0.464. The van der Waals surface area contributed by atoms with E-state index in [4.69, 9.17) is 26.6 Å². The molecule has 0 unspecified atom stereocenters. The molecule has 7 nitrogen and oxygen atoms in total. The molecule has 0 saturated carbocycles. The van der Waals surface area contributed by atoms with Crippen molar-refractivity contribution in [2.24, 2.45) is 11.8 Å².